The van der Waals surface area contributed by atoms with Crippen molar-refractivity contribution >= 4 is 17.5 Å². The van der Waals surface area contributed by atoms with E-state index < -0.39 is 0 Å². The van der Waals surface area contributed by atoms with Gasteiger partial charge in [-0.3, -0.25) is 4.79 Å². The highest BCUT2D eigenvalue weighted by Crippen LogP contribution is 2.31. The molecule has 34 heavy (non-hydrogen) atoms. The second-order valence-electron chi connectivity index (χ2n) is 8.86. The van der Waals surface area contributed by atoms with E-state index in [1.165, 1.54) is 5.56 Å². The molecule has 4 heterocycles. The molecule has 176 valence electrons. The molecule has 8 heteroatoms. The quantitative estimate of drug-likeness (QED) is 0.579. The van der Waals surface area contributed by atoms with Crippen LogP contribution in [0.25, 0.3) is 0 Å². The van der Waals surface area contributed by atoms with Crippen molar-refractivity contribution in [2.45, 2.75) is 19.8 Å². The van der Waals surface area contributed by atoms with Crippen LogP contribution in [0.15, 0.2) is 61.1 Å². The van der Waals surface area contributed by atoms with Crippen LogP contribution in [0.2, 0.25) is 0 Å². The summed E-state index contributed by atoms with van der Waals surface area (Å²) in [6.07, 6.45) is 6.76. The predicted octanol–water partition coefficient (Wildman–Crippen LogP) is 3.54. The average Bonchev–Trinajstić information content (AvgIpc) is 2.91. The molecular weight excluding hydrogens is 428 g/mol. The number of carbonyl (C=O) groups is 1. The lowest BCUT2D eigenvalue weighted by Crippen LogP contribution is -2.52. The summed E-state index contributed by atoms with van der Waals surface area (Å²) < 4.78 is 6.03. The van der Waals surface area contributed by atoms with E-state index in [4.69, 9.17) is 4.74 Å². The monoisotopic (exact) mass is 458 g/mol. The Bertz CT molecular complexity index is 1090. The Labute approximate surface area is 200 Å². The van der Waals surface area contributed by atoms with E-state index in [0.29, 0.717) is 5.88 Å². The molecule has 2 aliphatic heterocycles. The maximum Gasteiger partial charge on any atom is 0.263 e. The normalized spacial score (nSPS) is 17.0. The molecule has 0 unspecified atom stereocenters. The number of hydrogen-bond donors (Lipinski definition) is 0. The number of aryl methyl sites for hydroxylation is 1. The largest absolute Gasteiger partial charge is 0.436 e. The van der Waals surface area contributed by atoms with Gasteiger partial charge in [-0.15, -0.1) is 0 Å². The summed E-state index contributed by atoms with van der Waals surface area (Å²) in [5.41, 5.74) is 1.18. The molecule has 0 radical (unpaired) electrons. The maximum absolute atomic E-state index is 13.2. The zero-order chi connectivity index (χ0) is 23.3. The summed E-state index contributed by atoms with van der Waals surface area (Å²) in [5.74, 6) is 3.28. The van der Waals surface area contributed by atoms with Gasteiger partial charge in [-0.2, -0.15) is 0 Å². The number of aromatic nitrogens is 3. The number of hydrogen-bond acceptors (Lipinski definition) is 7. The molecule has 2 fully saturated rings. The smallest absolute Gasteiger partial charge is 0.263 e. The van der Waals surface area contributed by atoms with Crippen LogP contribution < -0.4 is 14.5 Å². The summed E-state index contributed by atoms with van der Waals surface area (Å²) in [6.45, 7) is 6.69. The lowest BCUT2D eigenvalue weighted by Gasteiger charge is -2.39. The van der Waals surface area contributed by atoms with Crippen molar-refractivity contribution in [2.24, 2.45) is 5.92 Å². The van der Waals surface area contributed by atoms with Gasteiger partial charge in [0.1, 0.15) is 11.6 Å². The molecular formula is C26H30N6O2. The molecule has 1 aromatic carbocycles. The van der Waals surface area contributed by atoms with Gasteiger partial charge < -0.3 is 19.4 Å². The fourth-order valence-corrected chi connectivity index (χ4v) is 4.62. The van der Waals surface area contributed by atoms with Crippen LogP contribution in [-0.2, 0) is 4.79 Å². The maximum atomic E-state index is 13.2. The first-order chi connectivity index (χ1) is 16.7. The number of piperazine rings is 1. The second-order valence-corrected chi connectivity index (χ2v) is 8.86. The van der Waals surface area contributed by atoms with Crippen molar-refractivity contribution in [3.63, 3.8) is 0 Å². The third-order valence-electron chi connectivity index (χ3n) is 6.59. The van der Waals surface area contributed by atoms with Crippen LogP contribution in [0.5, 0.6) is 11.6 Å². The zero-order valence-electron chi connectivity index (χ0n) is 19.5. The number of carbonyl (C=O) groups excluding carboxylic acids is 1. The third kappa shape index (κ3) is 4.95. The number of benzene rings is 1. The summed E-state index contributed by atoms with van der Waals surface area (Å²) in [4.78, 5) is 33.0. The molecule has 0 N–H and O–H groups in total. The molecule has 0 saturated carbocycles. The van der Waals surface area contributed by atoms with Gasteiger partial charge in [-0.25, -0.2) is 15.0 Å². The number of pyridine rings is 1. The molecule has 5 rings (SSSR count). The highest BCUT2D eigenvalue weighted by atomic mass is 16.5. The molecule has 0 atom stereocenters. The number of nitrogens with zero attached hydrogens (tertiary/aromatic N) is 6. The highest BCUT2D eigenvalue weighted by molar-refractivity contribution is 5.79. The fraction of sp³-hybridized carbons (Fsp3) is 0.385. The van der Waals surface area contributed by atoms with E-state index in [1.54, 1.807) is 12.4 Å². The van der Waals surface area contributed by atoms with Crippen molar-refractivity contribution in [1.29, 1.82) is 0 Å². The molecule has 3 aromatic rings. The van der Waals surface area contributed by atoms with Gasteiger partial charge >= 0.3 is 0 Å². The molecule has 0 aliphatic carbocycles. The van der Waals surface area contributed by atoms with Crippen LogP contribution in [-0.4, -0.2) is 65.0 Å². The minimum atomic E-state index is 0.0517. The van der Waals surface area contributed by atoms with Crippen molar-refractivity contribution in [1.82, 2.24) is 19.9 Å². The van der Waals surface area contributed by atoms with Crippen molar-refractivity contribution < 1.29 is 9.53 Å². The fourth-order valence-electron chi connectivity index (χ4n) is 4.62. The van der Waals surface area contributed by atoms with E-state index in [2.05, 4.69) is 24.8 Å². The van der Waals surface area contributed by atoms with Crippen LogP contribution in [0.1, 0.15) is 18.4 Å². The number of anilines is 2. The molecule has 1 amide bonds. The Hall–Kier alpha value is -3.68. The Balaban J connectivity index is 1.16. The predicted molar refractivity (Wildman–Crippen MR) is 131 cm³/mol. The molecule has 8 nitrogen and oxygen atoms in total. The first-order valence-corrected chi connectivity index (χ1v) is 11.9. The van der Waals surface area contributed by atoms with E-state index >= 15 is 0 Å². The first kappa shape index (κ1) is 22.1. The van der Waals surface area contributed by atoms with Crippen molar-refractivity contribution in [3.05, 3.63) is 66.6 Å². The summed E-state index contributed by atoms with van der Waals surface area (Å²) in [6, 6.07) is 13.8. The molecule has 2 saturated heterocycles. The standard InChI is InChI=1S/C26H30N6O2/c1-20-5-7-22(8-6-20)34-25-24(28-12-13-29-25)31-14-9-21(10-15-31)26(33)32-18-16-30(17-19-32)23-4-2-3-11-27-23/h2-8,11-13,21H,9-10,14-19H2,1H3. The van der Waals surface area contributed by atoms with Crippen molar-refractivity contribution in [2.75, 3.05) is 49.1 Å². The lowest BCUT2D eigenvalue weighted by molar-refractivity contribution is -0.136. The highest BCUT2D eigenvalue weighted by Gasteiger charge is 2.32. The van der Waals surface area contributed by atoms with Gasteiger partial charge in [0.25, 0.3) is 5.88 Å². The Morgan fingerprint density at radius 2 is 1.56 bits per heavy atom. The van der Waals surface area contributed by atoms with Crippen LogP contribution >= 0.6 is 0 Å². The van der Waals surface area contributed by atoms with E-state index in [-0.39, 0.29) is 11.8 Å². The van der Waals surface area contributed by atoms with Gasteiger partial charge in [-0.1, -0.05) is 23.8 Å². The summed E-state index contributed by atoms with van der Waals surface area (Å²) >= 11 is 0. The van der Waals surface area contributed by atoms with Gasteiger partial charge in [0.15, 0.2) is 5.82 Å². The Morgan fingerprint density at radius 1 is 0.824 bits per heavy atom. The van der Waals surface area contributed by atoms with Gasteiger partial charge in [0, 0.05) is 63.8 Å². The van der Waals surface area contributed by atoms with E-state index in [9.17, 15) is 4.79 Å². The van der Waals surface area contributed by atoms with Gasteiger partial charge in [-0.05, 0) is 44.0 Å². The van der Waals surface area contributed by atoms with Crippen LogP contribution in [0.3, 0.4) is 0 Å². The average molecular weight is 459 g/mol. The van der Waals surface area contributed by atoms with E-state index in [0.717, 1.165) is 69.5 Å². The molecule has 0 spiro atoms. The minimum absolute atomic E-state index is 0.0517. The number of ether oxygens (including phenoxy) is 1. The summed E-state index contributed by atoms with van der Waals surface area (Å²) in [5, 5.41) is 0. The number of rotatable bonds is 5. The molecule has 2 aromatic heterocycles. The molecule has 2 aliphatic rings. The zero-order valence-corrected chi connectivity index (χ0v) is 19.5. The number of amides is 1. The topological polar surface area (TPSA) is 74.7 Å². The first-order valence-electron chi connectivity index (χ1n) is 11.9. The van der Waals surface area contributed by atoms with Gasteiger partial charge in [0.05, 0.1) is 0 Å². The lowest BCUT2D eigenvalue weighted by atomic mass is 9.95. The SMILES string of the molecule is Cc1ccc(Oc2nccnc2N2CCC(C(=O)N3CCN(c4ccccn4)CC3)CC2)cc1. The second kappa shape index (κ2) is 10.1. The minimum Gasteiger partial charge on any atom is -0.436 e. The van der Waals surface area contributed by atoms with Gasteiger partial charge in [0.2, 0.25) is 5.91 Å². The van der Waals surface area contributed by atoms with E-state index in [1.807, 2.05) is 60.5 Å². The van der Waals surface area contributed by atoms with Crippen molar-refractivity contribution in [3.8, 4) is 11.6 Å². The molecule has 0 bridgehead atoms. The Kier molecular flexibility index (Phi) is 6.56. The van der Waals surface area contributed by atoms with Crippen LogP contribution in [0, 0.1) is 12.8 Å². The van der Waals surface area contributed by atoms with Crippen LogP contribution in [0.4, 0.5) is 11.6 Å². The number of piperidine rings is 1. The summed E-state index contributed by atoms with van der Waals surface area (Å²) in [7, 11) is 0. The third-order valence-corrected chi connectivity index (χ3v) is 6.59. The Morgan fingerprint density at radius 3 is 2.26 bits per heavy atom.